The Labute approximate surface area is 147 Å². The van der Waals surface area contributed by atoms with Gasteiger partial charge in [0, 0.05) is 18.5 Å². The molecule has 2 aliphatic rings. The van der Waals surface area contributed by atoms with Crippen LogP contribution in [0.25, 0.3) is 0 Å². The van der Waals surface area contributed by atoms with E-state index in [1.54, 1.807) is 16.4 Å². The van der Waals surface area contributed by atoms with E-state index in [-0.39, 0.29) is 5.41 Å². The van der Waals surface area contributed by atoms with Crippen molar-refractivity contribution >= 4 is 32.6 Å². The number of hydrogen-bond acceptors (Lipinski definition) is 2. The van der Waals surface area contributed by atoms with Gasteiger partial charge in [-0.2, -0.15) is 4.31 Å². The number of aryl methyl sites for hydroxylation is 1. The molecule has 1 aromatic carbocycles. The van der Waals surface area contributed by atoms with Gasteiger partial charge in [0.15, 0.2) is 0 Å². The maximum Gasteiger partial charge on any atom is 0.243 e. The second kappa shape index (κ2) is 6.24. The summed E-state index contributed by atoms with van der Waals surface area (Å²) in [5, 5.41) is 0. The van der Waals surface area contributed by atoms with E-state index in [1.807, 2.05) is 19.1 Å². The van der Waals surface area contributed by atoms with Crippen molar-refractivity contribution in [3.8, 4) is 0 Å². The Kier molecular flexibility index (Phi) is 4.67. The fourth-order valence-corrected chi connectivity index (χ4v) is 6.37. The molecular formula is C17H22INO2S. The molecule has 5 heteroatoms. The van der Waals surface area contributed by atoms with Gasteiger partial charge in [0.25, 0.3) is 0 Å². The quantitative estimate of drug-likeness (QED) is 0.656. The molecule has 0 amide bonds. The zero-order chi connectivity index (χ0) is 15.8. The van der Waals surface area contributed by atoms with Crippen molar-refractivity contribution in [2.45, 2.75) is 43.9 Å². The van der Waals surface area contributed by atoms with Crippen molar-refractivity contribution in [1.29, 1.82) is 0 Å². The Balaban J connectivity index is 1.90. The first kappa shape index (κ1) is 16.5. The Morgan fingerprint density at radius 2 is 1.86 bits per heavy atom. The fourth-order valence-electron chi connectivity index (χ4n) is 3.83. The van der Waals surface area contributed by atoms with E-state index >= 15 is 0 Å². The first-order valence-corrected chi connectivity index (χ1v) is 10.5. The number of nitrogens with zero attached hydrogens (tertiary/aromatic N) is 1. The van der Waals surface area contributed by atoms with Crippen LogP contribution in [0.5, 0.6) is 0 Å². The van der Waals surface area contributed by atoms with Crippen LogP contribution in [-0.4, -0.2) is 25.8 Å². The van der Waals surface area contributed by atoms with E-state index in [0.717, 1.165) is 31.2 Å². The lowest BCUT2D eigenvalue weighted by Gasteiger charge is -2.40. The van der Waals surface area contributed by atoms with Crippen LogP contribution in [0.2, 0.25) is 0 Å². The number of benzene rings is 1. The third-order valence-corrected chi connectivity index (χ3v) is 7.73. The number of halogens is 1. The number of sulfonamides is 1. The van der Waals surface area contributed by atoms with E-state index in [1.165, 1.54) is 12.0 Å². The van der Waals surface area contributed by atoms with Gasteiger partial charge in [-0.05, 0) is 55.2 Å². The van der Waals surface area contributed by atoms with Crippen LogP contribution < -0.4 is 0 Å². The molecule has 1 unspecified atom stereocenters. The van der Waals surface area contributed by atoms with Crippen LogP contribution in [0.1, 0.15) is 37.7 Å². The highest BCUT2D eigenvalue weighted by Crippen LogP contribution is 2.50. The zero-order valence-electron chi connectivity index (χ0n) is 12.9. The molecule has 3 nitrogen and oxygen atoms in total. The smallest absolute Gasteiger partial charge is 0.207 e. The van der Waals surface area contributed by atoms with Gasteiger partial charge in [0.2, 0.25) is 10.0 Å². The molecule has 0 radical (unpaired) electrons. The Morgan fingerprint density at radius 3 is 2.55 bits per heavy atom. The standard InChI is InChI=1S/C17H22INO2S/c1-14-5-7-16(8-6-14)22(20,21)19-11-3-10-17(13-19)9-2-4-15(17)12-18/h5-8,12H,2-4,9-11,13H2,1H3/b15-12+. The molecule has 1 spiro atoms. The summed E-state index contributed by atoms with van der Waals surface area (Å²) in [4.78, 5) is 0.424. The normalized spacial score (nSPS) is 28.5. The molecule has 3 rings (SSSR count). The minimum atomic E-state index is -3.37. The highest BCUT2D eigenvalue weighted by Gasteiger charge is 2.44. The van der Waals surface area contributed by atoms with Gasteiger partial charge in [-0.1, -0.05) is 45.9 Å². The molecule has 0 N–H and O–H groups in total. The number of piperidine rings is 1. The summed E-state index contributed by atoms with van der Waals surface area (Å²) in [5.74, 6) is 0. The van der Waals surface area contributed by atoms with Gasteiger partial charge in [-0.25, -0.2) is 8.42 Å². The maximum absolute atomic E-state index is 12.9. The SMILES string of the molecule is Cc1ccc(S(=O)(=O)N2CCCC3(CCC/C3=C\I)C2)cc1. The van der Waals surface area contributed by atoms with Gasteiger partial charge < -0.3 is 0 Å². The predicted octanol–water partition coefficient (Wildman–Crippen LogP) is 4.27. The molecule has 2 fully saturated rings. The fraction of sp³-hybridized carbons (Fsp3) is 0.529. The molecule has 1 aliphatic carbocycles. The summed E-state index contributed by atoms with van der Waals surface area (Å²) in [6.45, 7) is 3.27. The van der Waals surface area contributed by atoms with Gasteiger partial charge in [-0.15, -0.1) is 0 Å². The molecule has 1 heterocycles. The molecule has 22 heavy (non-hydrogen) atoms. The van der Waals surface area contributed by atoms with E-state index < -0.39 is 10.0 Å². The van der Waals surface area contributed by atoms with Crippen molar-refractivity contribution < 1.29 is 8.42 Å². The molecule has 1 saturated heterocycles. The minimum absolute atomic E-state index is 0.0945. The van der Waals surface area contributed by atoms with Crippen molar-refractivity contribution in [3.05, 3.63) is 39.5 Å². The third kappa shape index (κ3) is 2.87. The largest absolute Gasteiger partial charge is 0.243 e. The van der Waals surface area contributed by atoms with Crippen LogP contribution in [-0.2, 0) is 10.0 Å². The summed E-state index contributed by atoms with van der Waals surface area (Å²) >= 11 is 2.31. The van der Waals surface area contributed by atoms with Crippen LogP contribution >= 0.6 is 22.6 Å². The van der Waals surface area contributed by atoms with E-state index in [0.29, 0.717) is 18.0 Å². The summed E-state index contributed by atoms with van der Waals surface area (Å²) in [7, 11) is -3.37. The minimum Gasteiger partial charge on any atom is -0.207 e. The van der Waals surface area contributed by atoms with Gasteiger partial charge in [0.05, 0.1) is 4.90 Å². The lowest BCUT2D eigenvalue weighted by atomic mass is 9.77. The van der Waals surface area contributed by atoms with Crippen LogP contribution in [0.4, 0.5) is 0 Å². The molecule has 0 bridgehead atoms. The third-order valence-electron chi connectivity index (χ3n) is 5.11. The van der Waals surface area contributed by atoms with Crippen LogP contribution in [0.3, 0.4) is 0 Å². The average molecular weight is 431 g/mol. The Bertz CT molecular complexity index is 681. The predicted molar refractivity (Wildman–Crippen MR) is 97.6 cm³/mol. The molecule has 1 aromatic rings. The van der Waals surface area contributed by atoms with Crippen molar-refractivity contribution in [1.82, 2.24) is 4.31 Å². The number of rotatable bonds is 2. The van der Waals surface area contributed by atoms with Gasteiger partial charge in [0.1, 0.15) is 0 Å². The molecular weight excluding hydrogens is 409 g/mol. The lowest BCUT2D eigenvalue weighted by Crippen LogP contribution is -2.45. The van der Waals surface area contributed by atoms with E-state index in [9.17, 15) is 8.42 Å². The van der Waals surface area contributed by atoms with Crippen LogP contribution in [0, 0.1) is 12.3 Å². The van der Waals surface area contributed by atoms with Crippen molar-refractivity contribution in [2.24, 2.45) is 5.41 Å². The summed E-state index contributed by atoms with van der Waals surface area (Å²) in [6, 6.07) is 7.21. The average Bonchev–Trinajstić information content (AvgIpc) is 2.89. The van der Waals surface area contributed by atoms with E-state index in [4.69, 9.17) is 0 Å². The second-order valence-corrected chi connectivity index (χ2v) is 9.08. The monoisotopic (exact) mass is 431 g/mol. The van der Waals surface area contributed by atoms with Crippen molar-refractivity contribution in [2.75, 3.05) is 13.1 Å². The summed E-state index contributed by atoms with van der Waals surface area (Å²) in [5.41, 5.74) is 2.63. The van der Waals surface area contributed by atoms with Gasteiger partial charge in [-0.3, -0.25) is 0 Å². The number of hydrogen-bond donors (Lipinski definition) is 0. The van der Waals surface area contributed by atoms with Crippen molar-refractivity contribution in [3.63, 3.8) is 0 Å². The first-order valence-electron chi connectivity index (χ1n) is 7.84. The Hall–Kier alpha value is -0.400. The molecule has 120 valence electrons. The highest BCUT2D eigenvalue weighted by molar-refractivity contribution is 14.1. The molecule has 1 atom stereocenters. The molecule has 1 saturated carbocycles. The zero-order valence-corrected chi connectivity index (χ0v) is 15.9. The highest BCUT2D eigenvalue weighted by atomic mass is 127. The van der Waals surface area contributed by atoms with E-state index in [2.05, 4.69) is 26.7 Å². The summed E-state index contributed by atoms with van der Waals surface area (Å²) < 4.78 is 29.8. The van der Waals surface area contributed by atoms with Crippen LogP contribution in [0.15, 0.2) is 38.8 Å². The maximum atomic E-state index is 12.9. The molecule has 0 aromatic heterocycles. The molecule has 1 aliphatic heterocycles. The first-order chi connectivity index (χ1) is 10.5. The summed E-state index contributed by atoms with van der Waals surface area (Å²) in [6.07, 6.45) is 5.52. The second-order valence-electron chi connectivity index (χ2n) is 6.52. The lowest BCUT2D eigenvalue weighted by molar-refractivity contribution is 0.190. The topological polar surface area (TPSA) is 37.4 Å². The Morgan fingerprint density at radius 1 is 1.18 bits per heavy atom. The van der Waals surface area contributed by atoms with Gasteiger partial charge >= 0.3 is 0 Å².